The Morgan fingerprint density at radius 3 is 2.38 bits per heavy atom. The monoisotopic (exact) mass is 218 g/mol. The van der Waals surface area contributed by atoms with E-state index in [0.717, 1.165) is 5.56 Å². The SMILES string of the molecule is COc1c(C)c(O)c2cccc(C)c2c1O. The zero-order valence-corrected chi connectivity index (χ0v) is 9.53. The fraction of sp³-hybridized carbons (Fsp3) is 0.231. The lowest BCUT2D eigenvalue weighted by molar-refractivity contribution is 0.369. The topological polar surface area (TPSA) is 49.7 Å². The smallest absolute Gasteiger partial charge is 0.167 e. The minimum atomic E-state index is 0.0888. The minimum absolute atomic E-state index is 0.0888. The molecule has 2 aromatic carbocycles. The van der Waals surface area contributed by atoms with Crippen LogP contribution >= 0.6 is 0 Å². The maximum absolute atomic E-state index is 10.1. The predicted molar refractivity (Wildman–Crippen MR) is 63.3 cm³/mol. The summed E-state index contributed by atoms with van der Waals surface area (Å²) in [6, 6.07) is 5.52. The number of benzene rings is 2. The van der Waals surface area contributed by atoms with E-state index < -0.39 is 0 Å². The minimum Gasteiger partial charge on any atom is -0.507 e. The molecule has 2 rings (SSSR count). The zero-order chi connectivity index (χ0) is 11.9. The van der Waals surface area contributed by atoms with Crippen LogP contribution < -0.4 is 4.74 Å². The number of hydrogen-bond acceptors (Lipinski definition) is 3. The Kier molecular flexibility index (Phi) is 2.38. The lowest BCUT2D eigenvalue weighted by atomic mass is 10.00. The van der Waals surface area contributed by atoms with E-state index in [-0.39, 0.29) is 11.5 Å². The quantitative estimate of drug-likeness (QED) is 0.723. The van der Waals surface area contributed by atoms with Crippen molar-refractivity contribution in [3.05, 3.63) is 29.3 Å². The average Bonchev–Trinajstić information content (AvgIpc) is 2.26. The fourth-order valence-electron chi connectivity index (χ4n) is 2.03. The van der Waals surface area contributed by atoms with Crippen molar-refractivity contribution in [3.63, 3.8) is 0 Å². The first-order valence-corrected chi connectivity index (χ1v) is 5.05. The third-order valence-corrected chi connectivity index (χ3v) is 2.88. The second-order valence-electron chi connectivity index (χ2n) is 3.85. The van der Waals surface area contributed by atoms with E-state index in [4.69, 9.17) is 4.74 Å². The number of aromatic hydroxyl groups is 2. The maximum Gasteiger partial charge on any atom is 0.167 e. The molecule has 0 saturated heterocycles. The molecule has 0 saturated carbocycles. The lowest BCUT2D eigenvalue weighted by Gasteiger charge is -2.14. The molecule has 2 N–H and O–H groups in total. The van der Waals surface area contributed by atoms with Gasteiger partial charge in [0.15, 0.2) is 11.5 Å². The van der Waals surface area contributed by atoms with Crippen LogP contribution in [-0.2, 0) is 0 Å². The highest BCUT2D eigenvalue weighted by Crippen LogP contribution is 2.44. The Labute approximate surface area is 93.9 Å². The highest BCUT2D eigenvalue weighted by molar-refractivity contribution is 5.98. The van der Waals surface area contributed by atoms with E-state index in [1.54, 1.807) is 13.0 Å². The molecule has 0 aliphatic carbocycles. The second-order valence-corrected chi connectivity index (χ2v) is 3.85. The van der Waals surface area contributed by atoms with Gasteiger partial charge in [-0.1, -0.05) is 18.2 Å². The highest BCUT2D eigenvalue weighted by atomic mass is 16.5. The van der Waals surface area contributed by atoms with Crippen LogP contribution in [-0.4, -0.2) is 17.3 Å². The molecular weight excluding hydrogens is 204 g/mol. The zero-order valence-electron chi connectivity index (χ0n) is 9.53. The molecule has 16 heavy (non-hydrogen) atoms. The van der Waals surface area contributed by atoms with Gasteiger partial charge < -0.3 is 14.9 Å². The van der Waals surface area contributed by atoms with Crippen LogP contribution in [0.15, 0.2) is 18.2 Å². The first kappa shape index (κ1) is 10.6. The van der Waals surface area contributed by atoms with Crippen LogP contribution in [0.25, 0.3) is 10.8 Å². The van der Waals surface area contributed by atoms with E-state index >= 15 is 0 Å². The number of methoxy groups -OCH3 is 1. The summed E-state index contributed by atoms with van der Waals surface area (Å²) in [5.41, 5.74) is 1.46. The first-order chi connectivity index (χ1) is 7.57. The fourth-order valence-corrected chi connectivity index (χ4v) is 2.03. The molecule has 0 unspecified atom stereocenters. The summed E-state index contributed by atoms with van der Waals surface area (Å²) in [6.07, 6.45) is 0. The molecule has 0 atom stereocenters. The number of ether oxygens (including phenoxy) is 1. The summed E-state index contributed by atoms with van der Waals surface area (Å²) >= 11 is 0. The molecular formula is C13H14O3. The number of phenolic OH excluding ortho intramolecular Hbond substituents is 2. The van der Waals surface area contributed by atoms with Gasteiger partial charge in [0.2, 0.25) is 0 Å². The van der Waals surface area contributed by atoms with Crippen molar-refractivity contribution < 1.29 is 14.9 Å². The van der Waals surface area contributed by atoms with Gasteiger partial charge in [0.25, 0.3) is 0 Å². The number of fused-ring (bicyclic) bond motifs is 1. The highest BCUT2D eigenvalue weighted by Gasteiger charge is 2.17. The molecule has 0 aliphatic heterocycles. The van der Waals surface area contributed by atoms with Crippen molar-refractivity contribution >= 4 is 10.8 Å². The number of aryl methyl sites for hydroxylation is 1. The molecule has 0 heterocycles. The van der Waals surface area contributed by atoms with Gasteiger partial charge in [-0.15, -0.1) is 0 Å². The normalized spacial score (nSPS) is 10.7. The molecule has 0 bridgehead atoms. The molecule has 0 amide bonds. The van der Waals surface area contributed by atoms with Gasteiger partial charge in [-0.2, -0.15) is 0 Å². The van der Waals surface area contributed by atoms with E-state index in [0.29, 0.717) is 22.1 Å². The van der Waals surface area contributed by atoms with Crippen molar-refractivity contribution in [2.45, 2.75) is 13.8 Å². The van der Waals surface area contributed by atoms with E-state index in [2.05, 4.69) is 0 Å². The molecule has 0 aliphatic rings. The van der Waals surface area contributed by atoms with Crippen molar-refractivity contribution in [2.75, 3.05) is 7.11 Å². The number of rotatable bonds is 1. The Balaban J connectivity index is 3.02. The maximum atomic E-state index is 10.1. The summed E-state index contributed by atoms with van der Waals surface area (Å²) in [5.74, 6) is 0.582. The lowest BCUT2D eigenvalue weighted by Crippen LogP contribution is -1.91. The van der Waals surface area contributed by atoms with Crippen LogP contribution in [0.1, 0.15) is 11.1 Å². The molecule has 3 nitrogen and oxygen atoms in total. The van der Waals surface area contributed by atoms with Crippen molar-refractivity contribution in [1.82, 2.24) is 0 Å². The number of phenols is 2. The summed E-state index contributed by atoms with van der Waals surface area (Å²) in [4.78, 5) is 0. The molecule has 84 valence electrons. The molecule has 0 fully saturated rings. The van der Waals surface area contributed by atoms with Gasteiger partial charge in [-0.3, -0.25) is 0 Å². The van der Waals surface area contributed by atoms with E-state index in [1.165, 1.54) is 7.11 Å². The largest absolute Gasteiger partial charge is 0.507 e. The van der Waals surface area contributed by atoms with Crippen LogP contribution in [0.4, 0.5) is 0 Å². The third kappa shape index (κ3) is 1.28. The van der Waals surface area contributed by atoms with Crippen LogP contribution in [0.3, 0.4) is 0 Å². The van der Waals surface area contributed by atoms with Crippen molar-refractivity contribution in [2.24, 2.45) is 0 Å². The molecule has 0 aromatic heterocycles. The third-order valence-electron chi connectivity index (χ3n) is 2.88. The molecule has 0 radical (unpaired) electrons. The summed E-state index contributed by atoms with van der Waals surface area (Å²) in [5, 5.41) is 21.4. The second kappa shape index (κ2) is 3.59. The first-order valence-electron chi connectivity index (χ1n) is 5.05. The number of hydrogen-bond donors (Lipinski definition) is 2. The van der Waals surface area contributed by atoms with Gasteiger partial charge in [-0.25, -0.2) is 0 Å². The van der Waals surface area contributed by atoms with Gasteiger partial charge in [0.05, 0.1) is 7.11 Å². The Bertz CT molecular complexity index is 559. The van der Waals surface area contributed by atoms with Crippen molar-refractivity contribution in [1.29, 1.82) is 0 Å². The van der Waals surface area contributed by atoms with Gasteiger partial charge in [0, 0.05) is 16.3 Å². The van der Waals surface area contributed by atoms with Gasteiger partial charge in [-0.05, 0) is 19.4 Å². The standard InChI is InChI=1S/C13H14O3/c1-7-5-4-6-9-10(7)12(15)13(16-3)8(2)11(9)14/h4-6,14-15H,1-3H3. The summed E-state index contributed by atoms with van der Waals surface area (Å²) < 4.78 is 5.11. The van der Waals surface area contributed by atoms with Crippen molar-refractivity contribution in [3.8, 4) is 17.2 Å². The molecule has 2 aromatic rings. The van der Waals surface area contributed by atoms with Crippen LogP contribution in [0.2, 0.25) is 0 Å². The molecule has 3 heteroatoms. The Hall–Kier alpha value is -1.90. The van der Waals surface area contributed by atoms with E-state index in [1.807, 2.05) is 19.1 Å². The summed E-state index contributed by atoms with van der Waals surface area (Å²) in [7, 11) is 1.48. The van der Waals surface area contributed by atoms with E-state index in [9.17, 15) is 10.2 Å². The van der Waals surface area contributed by atoms with Crippen LogP contribution in [0.5, 0.6) is 17.2 Å². The van der Waals surface area contributed by atoms with Gasteiger partial charge >= 0.3 is 0 Å². The van der Waals surface area contributed by atoms with Gasteiger partial charge in [0.1, 0.15) is 5.75 Å². The molecule has 0 spiro atoms. The Morgan fingerprint density at radius 2 is 1.75 bits per heavy atom. The Morgan fingerprint density at radius 1 is 1.06 bits per heavy atom. The predicted octanol–water partition coefficient (Wildman–Crippen LogP) is 2.88. The van der Waals surface area contributed by atoms with Crippen LogP contribution in [0, 0.1) is 13.8 Å². The summed E-state index contributed by atoms with van der Waals surface area (Å²) in [6.45, 7) is 3.60. The average molecular weight is 218 g/mol.